The summed E-state index contributed by atoms with van der Waals surface area (Å²) in [5.74, 6) is 1.15. The third-order valence-electron chi connectivity index (χ3n) is 4.01. The average molecular weight is 379 g/mol. The number of hydrogen-bond donors (Lipinski definition) is 1. The van der Waals surface area contributed by atoms with Gasteiger partial charge in [0.15, 0.2) is 4.34 Å². The second-order valence-electron chi connectivity index (χ2n) is 5.69. The van der Waals surface area contributed by atoms with Gasteiger partial charge in [-0.15, -0.1) is 20.4 Å². The minimum absolute atomic E-state index is 0.269. The van der Waals surface area contributed by atoms with Crippen molar-refractivity contribution in [3.05, 3.63) is 60.2 Å². The summed E-state index contributed by atoms with van der Waals surface area (Å²) in [4.78, 5) is 0. The molecule has 1 unspecified atom stereocenters. The molecule has 2 aliphatic heterocycles. The number of benzene rings is 2. The molecule has 0 saturated carbocycles. The molecule has 5 rings (SSSR count). The second-order valence-corrected chi connectivity index (χ2v) is 7.89. The van der Waals surface area contributed by atoms with Crippen LogP contribution in [-0.4, -0.2) is 33.8 Å². The Labute approximate surface area is 158 Å². The Hall–Kier alpha value is -2.71. The first-order valence-corrected chi connectivity index (χ1v) is 9.86. The molecule has 0 amide bonds. The van der Waals surface area contributed by atoms with Crippen molar-refractivity contribution in [1.29, 1.82) is 0 Å². The van der Waals surface area contributed by atoms with Gasteiger partial charge >= 0.3 is 0 Å². The lowest BCUT2D eigenvalue weighted by molar-refractivity contribution is 0.276. The fourth-order valence-electron chi connectivity index (χ4n) is 2.80. The van der Waals surface area contributed by atoms with E-state index in [9.17, 15) is 0 Å². The van der Waals surface area contributed by atoms with Gasteiger partial charge in [0.05, 0.1) is 5.75 Å². The van der Waals surface area contributed by atoms with Crippen molar-refractivity contribution < 1.29 is 4.74 Å². The lowest BCUT2D eigenvalue weighted by atomic mass is 10.1. The molecule has 0 aliphatic carbocycles. The third kappa shape index (κ3) is 2.87. The summed E-state index contributed by atoms with van der Waals surface area (Å²) < 4.78 is 6.83. The number of para-hydroxylation sites is 1. The number of ether oxygens (including phenoxy) is 1. The zero-order valence-electron chi connectivity index (χ0n) is 13.5. The molecule has 8 heteroatoms. The molecule has 0 radical (unpaired) electrons. The topological polar surface area (TPSA) is 71.8 Å². The van der Waals surface area contributed by atoms with E-state index < -0.39 is 0 Å². The molecule has 1 N–H and O–H groups in total. The first-order chi connectivity index (χ1) is 12.9. The zero-order chi connectivity index (χ0) is 17.3. The van der Waals surface area contributed by atoms with E-state index in [0.29, 0.717) is 11.7 Å². The van der Waals surface area contributed by atoms with Gasteiger partial charge in [-0.1, -0.05) is 71.6 Å². The van der Waals surface area contributed by atoms with Crippen LogP contribution in [0.1, 0.15) is 5.56 Å². The molecule has 0 spiro atoms. The van der Waals surface area contributed by atoms with E-state index in [1.165, 1.54) is 0 Å². The van der Waals surface area contributed by atoms with Crippen molar-refractivity contribution in [3.8, 4) is 10.6 Å². The second kappa shape index (κ2) is 6.54. The van der Waals surface area contributed by atoms with Crippen LogP contribution in [0.5, 0.6) is 0 Å². The van der Waals surface area contributed by atoms with E-state index in [-0.39, 0.29) is 6.23 Å². The minimum atomic E-state index is -0.269. The fraction of sp³-hybridized carbons (Fsp3) is 0.111. The first-order valence-electron chi connectivity index (χ1n) is 8.05. The van der Waals surface area contributed by atoms with Crippen LogP contribution in [0.15, 0.2) is 69.1 Å². The molecule has 2 aliphatic rings. The van der Waals surface area contributed by atoms with Crippen LogP contribution < -0.4 is 5.32 Å². The summed E-state index contributed by atoms with van der Waals surface area (Å²) in [5, 5.41) is 21.3. The highest BCUT2D eigenvalue weighted by Gasteiger charge is 2.32. The number of nitrogens with zero attached hydrogens (tertiary/aromatic N) is 4. The van der Waals surface area contributed by atoms with Crippen molar-refractivity contribution in [2.75, 3.05) is 11.1 Å². The maximum atomic E-state index is 5.95. The maximum absolute atomic E-state index is 5.95. The molecule has 1 aromatic heterocycles. The summed E-state index contributed by atoms with van der Waals surface area (Å²) in [6.45, 7) is 0. The number of thioether (sulfide) groups is 1. The first kappa shape index (κ1) is 15.5. The number of aromatic nitrogens is 2. The smallest absolute Gasteiger partial charge is 0.221 e. The normalized spacial score (nSPS) is 17.5. The number of hydrogen-bond acceptors (Lipinski definition) is 8. The van der Waals surface area contributed by atoms with Crippen LogP contribution in [0.4, 0.5) is 5.69 Å². The van der Waals surface area contributed by atoms with Crippen molar-refractivity contribution >= 4 is 40.4 Å². The van der Waals surface area contributed by atoms with Crippen molar-refractivity contribution in [2.45, 2.75) is 10.6 Å². The predicted molar refractivity (Wildman–Crippen MR) is 105 cm³/mol. The Morgan fingerprint density at radius 3 is 2.77 bits per heavy atom. The van der Waals surface area contributed by atoms with E-state index in [4.69, 9.17) is 4.74 Å². The van der Waals surface area contributed by atoms with Gasteiger partial charge in [0.25, 0.3) is 0 Å². The zero-order valence-corrected chi connectivity index (χ0v) is 15.1. The van der Waals surface area contributed by atoms with E-state index in [2.05, 4.69) is 25.7 Å². The van der Waals surface area contributed by atoms with Crippen LogP contribution in [0.2, 0.25) is 0 Å². The molecule has 0 bridgehead atoms. The molecular weight excluding hydrogens is 366 g/mol. The van der Waals surface area contributed by atoms with Crippen LogP contribution in [0, 0.1) is 0 Å². The Morgan fingerprint density at radius 1 is 1.00 bits per heavy atom. The monoisotopic (exact) mass is 379 g/mol. The van der Waals surface area contributed by atoms with Gasteiger partial charge in [-0.3, -0.25) is 0 Å². The average Bonchev–Trinajstić information content (AvgIpc) is 3.31. The van der Waals surface area contributed by atoms with Crippen molar-refractivity contribution in [3.63, 3.8) is 0 Å². The molecule has 2 aromatic carbocycles. The summed E-state index contributed by atoms with van der Waals surface area (Å²) >= 11 is 3.12. The molecule has 3 aromatic rings. The van der Waals surface area contributed by atoms with Gasteiger partial charge < -0.3 is 10.1 Å². The number of nitrogens with one attached hydrogen (secondary N) is 1. The molecule has 6 nitrogen and oxygen atoms in total. The van der Waals surface area contributed by atoms with E-state index in [0.717, 1.165) is 31.9 Å². The lowest BCUT2D eigenvalue weighted by Crippen LogP contribution is -2.32. The Kier molecular flexibility index (Phi) is 3.91. The summed E-state index contributed by atoms with van der Waals surface area (Å²) in [6, 6.07) is 18.1. The summed E-state index contributed by atoms with van der Waals surface area (Å²) in [6.07, 6.45) is -0.269. The summed E-state index contributed by atoms with van der Waals surface area (Å²) in [7, 11) is 0. The maximum Gasteiger partial charge on any atom is 0.221 e. The van der Waals surface area contributed by atoms with Gasteiger partial charge in [0, 0.05) is 16.8 Å². The summed E-state index contributed by atoms with van der Waals surface area (Å²) in [5.41, 5.74) is 3.98. The number of rotatable bonds is 4. The van der Waals surface area contributed by atoms with Gasteiger partial charge in [-0.25, -0.2) is 0 Å². The SMILES string of the molecule is c1ccc(-c2nnc(SCC3=NN=C4c5ccccc5NC4O3)s2)cc1. The molecule has 3 heterocycles. The van der Waals surface area contributed by atoms with Crippen LogP contribution in [0.25, 0.3) is 10.6 Å². The highest BCUT2D eigenvalue weighted by atomic mass is 32.2. The lowest BCUT2D eigenvalue weighted by Gasteiger charge is -2.18. The Balaban J connectivity index is 1.27. The quantitative estimate of drug-likeness (QED) is 0.697. The predicted octanol–water partition coefficient (Wildman–Crippen LogP) is 3.88. The molecular formula is C18H13N5OS2. The minimum Gasteiger partial charge on any atom is -0.449 e. The van der Waals surface area contributed by atoms with Crippen LogP contribution in [0.3, 0.4) is 0 Å². The Morgan fingerprint density at radius 2 is 1.85 bits per heavy atom. The number of anilines is 1. The number of fused-ring (bicyclic) bond motifs is 3. The highest BCUT2D eigenvalue weighted by molar-refractivity contribution is 8.01. The van der Waals surface area contributed by atoms with E-state index >= 15 is 0 Å². The van der Waals surface area contributed by atoms with Crippen molar-refractivity contribution in [2.24, 2.45) is 10.2 Å². The van der Waals surface area contributed by atoms with Gasteiger partial charge in [-0.2, -0.15) is 0 Å². The van der Waals surface area contributed by atoms with Crippen molar-refractivity contribution in [1.82, 2.24) is 10.2 Å². The van der Waals surface area contributed by atoms with E-state index in [1.807, 2.05) is 54.6 Å². The molecule has 26 heavy (non-hydrogen) atoms. The molecule has 0 saturated heterocycles. The highest BCUT2D eigenvalue weighted by Crippen LogP contribution is 2.31. The molecule has 0 fully saturated rings. The third-order valence-corrected chi connectivity index (χ3v) is 6.10. The van der Waals surface area contributed by atoms with Gasteiger partial charge in [0.1, 0.15) is 10.7 Å². The molecule has 1 atom stereocenters. The molecule has 128 valence electrons. The van der Waals surface area contributed by atoms with Crippen LogP contribution in [-0.2, 0) is 4.74 Å². The fourth-order valence-corrected chi connectivity index (χ4v) is 4.50. The van der Waals surface area contributed by atoms with Crippen LogP contribution >= 0.6 is 23.1 Å². The standard InChI is InChI=1S/C18H13N5OS2/c1-2-6-11(7-3-1)17-22-23-18(26-17)25-10-14-20-21-15-12-8-4-5-9-13(12)19-16(15)24-14/h1-9,16,19H,10H2. The van der Waals surface area contributed by atoms with Gasteiger partial charge in [0.2, 0.25) is 12.1 Å². The van der Waals surface area contributed by atoms with E-state index in [1.54, 1.807) is 23.1 Å². The largest absolute Gasteiger partial charge is 0.449 e. The van der Waals surface area contributed by atoms with Gasteiger partial charge in [-0.05, 0) is 6.07 Å². The Bertz CT molecular complexity index is 1020.